The number of rotatable bonds is 7. The Morgan fingerprint density at radius 2 is 1.92 bits per heavy atom. The normalized spacial score (nSPS) is 11.0. The largest absolute Gasteiger partial charge is 0.497 e. The standard InChI is InChI=1S/C19H20N4O2S/c1-14-4-6-15(7-5-14)12-26-19-22-20-13-23(19)21-11-16-8-9-17(24-2)10-18(16)25-3/h4-11,13H,12H2,1-3H3/b21-11+. The number of nitrogens with zero attached hydrogens (tertiary/aromatic N) is 4. The van der Waals surface area contributed by atoms with Crippen LogP contribution in [-0.2, 0) is 5.75 Å². The van der Waals surface area contributed by atoms with E-state index in [1.165, 1.54) is 11.1 Å². The zero-order chi connectivity index (χ0) is 18.4. The van der Waals surface area contributed by atoms with Crippen LogP contribution in [0.25, 0.3) is 0 Å². The third kappa shape index (κ3) is 4.43. The average molecular weight is 368 g/mol. The molecule has 0 atom stereocenters. The number of ether oxygens (including phenoxy) is 2. The number of thioether (sulfide) groups is 1. The lowest BCUT2D eigenvalue weighted by atomic mass is 10.2. The Hall–Kier alpha value is -2.80. The zero-order valence-corrected chi connectivity index (χ0v) is 15.7. The van der Waals surface area contributed by atoms with Crippen molar-refractivity contribution in [2.75, 3.05) is 14.2 Å². The van der Waals surface area contributed by atoms with Crippen molar-refractivity contribution < 1.29 is 9.47 Å². The van der Waals surface area contributed by atoms with Gasteiger partial charge < -0.3 is 9.47 Å². The Kier molecular flexibility index (Phi) is 5.91. The molecule has 0 saturated carbocycles. The zero-order valence-electron chi connectivity index (χ0n) is 14.9. The maximum Gasteiger partial charge on any atom is 0.212 e. The van der Waals surface area contributed by atoms with Gasteiger partial charge in [-0.3, -0.25) is 0 Å². The summed E-state index contributed by atoms with van der Waals surface area (Å²) in [4.78, 5) is 0. The quantitative estimate of drug-likeness (QED) is 0.469. The number of aromatic nitrogens is 3. The molecule has 3 aromatic rings. The van der Waals surface area contributed by atoms with Gasteiger partial charge in [-0.1, -0.05) is 41.6 Å². The predicted molar refractivity (Wildman–Crippen MR) is 103 cm³/mol. The Morgan fingerprint density at radius 3 is 2.65 bits per heavy atom. The molecule has 0 aliphatic carbocycles. The van der Waals surface area contributed by atoms with E-state index in [1.54, 1.807) is 43.2 Å². The number of methoxy groups -OCH3 is 2. The lowest BCUT2D eigenvalue weighted by Crippen LogP contribution is -1.96. The molecule has 0 aliphatic rings. The first-order chi connectivity index (χ1) is 12.7. The fourth-order valence-corrected chi connectivity index (χ4v) is 3.09. The first kappa shape index (κ1) is 18.0. The van der Waals surface area contributed by atoms with E-state index in [-0.39, 0.29) is 0 Å². The van der Waals surface area contributed by atoms with Crippen LogP contribution in [0.3, 0.4) is 0 Å². The summed E-state index contributed by atoms with van der Waals surface area (Å²) in [6.45, 7) is 2.08. The van der Waals surface area contributed by atoms with Crippen molar-refractivity contribution in [1.82, 2.24) is 14.9 Å². The molecule has 26 heavy (non-hydrogen) atoms. The van der Waals surface area contributed by atoms with Crippen molar-refractivity contribution in [1.29, 1.82) is 0 Å². The first-order valence-corrected chi connectivity index (χ1v) is 9.03. The minimum atomic E-state index is 0.690. The number of hydrogen-bond acceptors (Lipinski definition) is 6. The third-order valence-corrected chi connectivity index (χ3v) is 4.76. The highest BCUT2D eigenvalue weighted by molar-refractivity contribution is 7.98. The molecule has 134 valence electrons. The predicted octanol–water partition coefficient (Wildman–Crippen LogP) is 3.78. The minimum Gasteiger partial charge on any atom is -0.497 e. The average Bonchev–Trinajstić information content (AvgIpc) is 3.13. The fraction of sp³-hybridized carbons (Fsp3) is 0.211. The summed E-state index contributed by atoms with van der Waals surface area (Å²) in [6.07, 6.45) is 3.31. The van der Waals surface area contributed by atoms with Gasteiger partial charge >= 0.3 is 0 Å². The molecule has 0 unspecified atom stereocenters. The molecule has 0 fully saturated rings. The van der Waals surface area contributed by atoms with E-state index in [1.807, 2.05) is 18.2 Å². The maximum absolute atomic E-state index is 5.39. The molecular formula is C19H20N4O2S. The summed E-state index contributed by atoms with van der Waals surface area (Å²) in [7, 11) is 3.24. The molecule has 0 bridgehead atoms. The van der Waals surface area contributed by atoms with Gasteiger partial charge in [0.2, 0.25) is 5.16 Å². The van der Waals surface area contributed by atoms with Crippen LogP contribution in [0.5, 0.6) is 11.5 Å². The van der Waals surface area contributed by atoms with E-state index in [2.05, 4.69) is 46.5 Å². The second-order valence-corrected chi connectivity index (χ2v) is 6.53. The summed E-state index contributed by atoms with van der Waals surface area (Å²) in [5.74, 6) is 2.23. The van der Waals surface area contributed by atoms with Crippen molar-refractivity contribution >= 4 is 18.0 Å². The number of hydrogen-bond donors (Lipinski definition) is 0. The SMILES string of the molecule is COc1ccc(/C=N/n2cnnc2SCc2ccc(C)cc2)c(OC)c1. The van der Waals surface area contributed by atoms with Crippen molar-refractivity contribution in [2.24, 2.45) is 5.10 Å². The summed E-state index contributed by atoms with van der Waals surface area (Å²) in [5, 5.41) is 13.3. The molecule has 0 N–H and O–H groups in total. The van der Waals surface area contributed by atoms with Gasteiger partial charge in [-0.15, -0.1) is 10.2 Å². The molecule has 3 rings (SSSR count). The minimum absolute atomic E-state index is 0.690. The van der Waals surface area contributed by atoms with E-state index < -0.39 is 0 Å². The van der Waals surface area contributed by atoms with Crippen LogP contribution in [0.2, 0.25) is 0 Å². The molecule has 1 heterocycles. The second-order valence-electron chi connectivity index (χ2n) is 5.58. The topological polar surface area (TPSA) is 61.5 Å². The summed E-state index contributed by atoms with van der Waals surface area (Å²) >= 11 is 1.59. The highest BCUT2D eigenvalue weighted by Gasteiger charge is 2.06. The maximum atomic E-state index is 5.39. The molecule has 1 aromatic heterocycles. The van der Waals surface area contributed by atoms with Crippen LogP contribution in [-0.4, -0.2) is 35.3 Å². The fourth-order valence-electron chi connectivity index (χ4n) is 2.28. The second kappa shape index (κ2) is 8.53. The van der Waals surface area contributed by atoms with Crippen LogP contribution in [0.4, 0.5) is 0 Å². The van der Waals surface area contributed by atoms with E-state index >= 15 is 0 Å². The van der Waals surface area contributed by atoms with E-state index in [0.717, 1.165) is 22.2 Å². The molecule has 2 aromatic carbocycles. The van der Waals surface area contributed by atoms with Crippen molar-refractivity contribution in [2.45, 2.75) is 17.8 Å². The lowest BCUT2D eigenvalue weighted by molar-refractivity contribution is 0.394. The molecule has 6 nitrogen and oxygen atoms in total. The number of benzene rings is 2. The molecule has 0 saturated heterocycles. The van der Waals surface area contributed by atoms with Gasteiger partial charge in [0.05, 0.1) is 20.4 Å². The van der Waals surface area contributed by atoms with Crippen molar-refractivity contribution in [3.8, 4) is 11.5 Å². The molecular weight excluding hydrogens is 348 g/mol. The summed E-state index contributed by atoms with van der Waals surface area (Å²) in [5.41, 5.74) is 3.33. The monoisotopic (exact) mass is 368 g/mol. The van der Waals surface area contributed by atoms with Crippen LogP contribution in [0.1, 0.15) is 16.7 Å². The van der Waals surface area contributed by atoms with Crippen molar-refractivity contribution in [3.05, 3.63) is 65.5 Å². The lowest BCUT2D eigenvalue weighted by Gasteiger charge is -2.07. The van der Waals surface area contributed by atoms with Gasteiger partial charge in [0.15, 0.2) is 0 Å². The molecule has 0 amide bonds. The highest BCUT2D eigenvalue weighted by Crippen LogP contribution is 2.24. The first-order valence-electron chi connectivity index (χ1n) is 8.04. The van der Waals surface area contributed by atoms with Gasteiger partial charge in [-0.2, -0.15) is 9.78 Å². The Labute approximate surface area is 156 Å². The molecule has 7 heteroatoms. The van der Waals surface area contributed by atoms with Gasteiger partial charge in [0, 0.05) is 17.4 Å². The molecule has 0 aliphatic heterocycles. The Bertz CT molecular complexity index is 891. The Balaban J connectivity index is 1.72. The smallest absolute Gasteiger partial charge is 0.212 e. The van der Waals surface area contributed by atoms with Crippen LogP contribution in [0, 0.1) is 6.92 Å². The summed E-state index contributed by atoms with van der Waals surface area (Å²) in [6, 6.07) is 14.0. The van der Waals surface area contributed by atoms with E-state index in [4.69, 9.17) is 9.47 Å². The van der Waals surface area contributed by atoms with Gasteiger partial charge in [-0.25, -0.2) is 0 Å². The highest BCUT2D eigenvalue weighted by atomic mass is 32.2. The van der Waals surface area contributed by atoms with Crippen LogP contribution < -0.4 is 9.47 Å². The van der Waals surface area contributed by atoms with Gasteiger partial charge in [-0.05, 0) is 24.6 Å². The van der Waals surface area contributed by atoms with Gasteiger partial charge in [0.25, 0.3) is 0 Å². The molecule has 0 radical (unpaired) electrons. The summed E-state index contributed by atoms with van der Waals surface area (Å²) < 4.78 is 12.3. The number of aryl methyl sites for hydroxylation is 1. The van der Waals surface area contributed by atoms with E-state index in [9.17, 15) is 0 Å². The van der Waals surface area contributed by atoms with Gasteiger partial charge in [0.1, 0.15) is 17.8 Å². The van der Waals surface area contributed by atoms with Crippen LogP contribution in [0.15, 0.2) is 59.0 Å². The van der Waals surface area contributed by atoms with Crippen molar-refractivity contribution in [3.63, 3.8) is 0 Å². The molecule has 0 spiro atoms. The Morgan fingerprint density at radius 1 is 1.12 bits per heavy atom. The van der Waals surface area contributed by atoms with E-state index in [0.29, 0.717) is 5.75 Å². The van der Waals surface area contributed by atoms with Crippen LogP contribution >= 0.6 is 11.8 Å². The third-order valence-electron chi connectivity index (χ3n) is 3.75.